The molecule has 1 aliphatic heterocycles. The summed E-state index contributed by atoms with van der Waals surface area (Å²) in [6.45, 7) is 4.75. The Kier molecular flexibility index (Phi) is 4.55. The first-order chi connectivity index (χ1) is 12.6. The number of carbonyl (C=O) groups excluding carboxylic acids is 1. The Labute approximate surface area is 156 Å². The first-order valence-corrected chi connectivity index (χ1v) is 9.73. The molecule has 3 heterocycles. The molecule has 1 saturated heterocycles. The van der Waals surface area contributed by atoms with Crippen molar-refractivity contribution in [2.75, 3.05) is 6.54 Å². The normalized spacial score (nSPS) is 17.5. The monoisotopic (exact) mass is 367 g/mol. The molecule has 1 atom stereocenters. The van der Waals surface area contributed by atoms with E-state index < -0.39 is 0 Å². The molecule has 1 aromatic carbocycles. The highest BCUT2D eigenvalue weighted by Crippen LogP contribution is 2.31. The summed E-state index contributed by atoms with van der Waals surface area (Å²) in [5.74, 6) is 0.697. The summed E-state index contributed by atoms with van der Waals surface area (Å²) in [4.78, 5) is 17.3. The number of likely N-dealkylation sites (tertiary alicyclic amines) is 1. The van der Waals surface area contributed by atoms with Crippen LogP contribution in [0.4, 0.5) is 0 Å². The van der Waals surface area contributed by atoms with Crippen LogP contribution in [0.2, 0.25) is 0 Å². The Balaban J connectivity index is 1.63. The van der Waals surface area contributed by atoms with Crippen LogP contribution in [0.3, 0.4) is 0 Å². The molecule has 4 rings (SSSR count). The second kappa shape index (κ2) is 6.99. The summed E-state index contributed by atoms with van der Waals surface area (Å²) in [5.41, 5.74) is 3.05. The number of thiophene rings is 1. The third-order valence-corrected chi connectivity index (χ3v) is 5.78. The average Bonchev–Trinajstić information content (AvgIpc) is 3.30. The van der Waals surface area contributed by atoms with Gasteiger partial charge in [0.2, 0.25) is 0 Å². The van der Waals surface area contributed by atoms with E-state index in [1.807, 2.05) is 54.5 Å². The fourth-order valence-electron chi connectivity index (χ4n) is 3.39. The fourth-order valence-corrected chi connectivity index (χ4v) is 4.27. The molecule has 26 heavy (non-hydrogen) atoms. The predicted octanol–water partition coefficient (Wildman–Crippen LogP) is 3.71. The summed E-state index contributed by atoms with van der Waals surface area (Å²) >= 11 is 1.50. The van der Waals surface area contributed by atoms with Crippen LogP contribution >= 0.6 is 11.3 Å². The van der Waals surface area contributed by atoms with E-state index in [0.29, 0.717) is 5.82 Å². The van der Waals surface area contributed by atoms with Crippen molar-refractivity contribution in [3.63, 3.8) is 0 Å². The molecule has 134 valence electrons. The number of aromatic nitrogens is 4. The minimum atomic E-state index is -0.115. The van der Waals surface area contributed by atoms with Crippen molar-refractivity contribution in [1.82, 2.24) is 25.1 Å². The highest BCUT2D eigenvalue weighted by Gasteiger charge is 2.32. The maximum absolute atomic E-state index is 13.0. The van der Waals surface area contributed by atoms with E-state index in [1.54, 1.807) is 4.80 Å². The van der Waals surface area contributed by atoms with Gasteiger partial charge in [-0.1, -0.05) is 12.1 Å². The van der Waals surface area contributed by atoms with Gasteiger partial charge in [0, 0.05) is 6.54 Å². The number of carbonyl (C=O) groups is 1. The van der Waals surface area contributed by atoms with Crippen LogP contribution in [0.15, 0.2) is 35.7 Å². The average molecular weight is 367 g/mol. The lowest BCUT2D eigenvalue weighted by molar-refractivity contribution is 0.0604. The molecule has 0 saturated carbocycles. The summed E-state index contributed by atoms with van der Waals surface area (Å²) in [7, 11) is 0. The van der Waals surface area contributed by atoms with E-state index in [2.05, 4.69) is 15.4 Å². The zero-order valence-corrected chi connectivity index (χ0v) is 15.7. The molecule has 1 unspecified atom stereocenters. The lowest BCUT2D eigenvalue weighted by Crippen LogP contribution is -2.39. The van der Waals surface area contributed by atoms with E-state index in [0.717, 1.165) is 47.5 Å². The Bertz CT molecular complexity index is 931. The van der Waals surface area contributed by atoms with E-state index in [-0.39, 0.29) is 11.9 Å². The molecular weight excluding hydrogens is 346 g/mol. The van der Waals surface area contributed by atoms with Crippen molar-refractivity contribution in [2.45, 2.75) is 39.2 Å². The molecule has 0 bridgehead atoms. The Morgan fingerprint density at radius 3 is 2.88 bits per heavy atom. The molecule has 1 fully saturated rings. The van der Waals surface area contributed by atoms with Crippen molar-refractivity contribution >= 4 is 17.2 Å². The van der Waals surface area contributed by atoms with Gasteiger partial charge in [0.25, 0.3) is 5.91 Å². The van der Waals surface area contributed by atoms with Gasteiger partial charge in [0.05, 0.1) is 16.6 Å². The van der Waals surface area contributed by atoms with Gasteiger partial charge in [-0.15, -0.1) is 26.3 Å². The van der Waals surface area contributed by atoms with E-state index in [9.17, 15) is 4.79 Å². The van der Waals surface area contributed by atoms with Crippen LogP contribution in [-0.2, 0) is 0 Å². The van der Waals surface area contributed by atoms with E-state index >= 15 is 0 Å². The molecule has 0 aliphatic carbocycles. The first-order valence-electron chi connectivity index (χ1n) is 8.85. The van der Waals surface area contributed by atoms with Gasteiger partial charge in [-0.3, -0.25) is 4.79 Å². The number of nitrogens with zero attached hydrogens (tertiary/aromatic N) is 5. The maximum atomic E-state index is 13.0. The zero-order valence-electron chi connectivity index (χ0n) is 14.9. The lowest BCUT2D eigenvalue weighted by atomic mass is 10.0. The highest BCUT2D eigenvalue weighted by atomic mass is 32.1. The second-order valence-corrected chi connectivity index (χ2v) is 7.64. The van der Waals surface area contributed by atoms with Gasteiger partial charge in [0.15, 0.2) is 5.82 Å². The van der Waals surface area contributed by atoms with Crippen LogP contribution in [0.5, 0.6) is 0 Å². The summed E-state index contributed by atoms with van der Waals surface area (Å²) in [6, 6.07) is 9.86. The molecular formula is C19H21N5OS. The quantitative estimate of drug-likeness (QED) is 0.708. The molecule has 1 amide bonds. The number of hydrogen-bond donors (Lipinski definition) is 0. The van der Waals surface area contributed by atoms with Crippen molar-refractivity contribution in [2.24, 2.45) is 0 Å². The largest absolute Gasteiger partial charge is 0.328 e. The van der Waals surface area contributed by atoms with Gasteiger partial charge in [0.1, 0.15) is 0 Å². The number of tetrazole rings is 1. The van der Waals surface area contributed by atoms with Crippen LogP contribution in [0, 0.1) is 13.8 Å². The number of benzene rings is 1. The van der Waals surface area contributed by atoms with Crippen LogP contribution in [0.25, 0.3) is 5.69 Å². The van der Waals surface area contributed by atoms with Crippen LogP contribution in [0.1, 0.15) is 51.9 Å². The second-order valence-electron chi connectivity index (χ2n) is 6.72. The number of amides is 1. The number of rotatable bonds is 3. The molecule has 2 aromatic heterocycles. The van der Waals surface area contributed by atoms with E-state index in [1.165, 1.54) is 11.3 Å². The third-order valence-electron chi connectivity index (χ3n) is 4.78. The van der Waals surface area contributed by atoms with Gasteiger partial charge < -0.3 is 4.90 Å². The number of piperidine rings is 1. The molecule has 0 radical (unpaired) electrons. The smallest absolute Gasteiger partial charge is 0.264 e. The SMILES string of the molecule is Cc1cccc(-n2nnc(C3CCCCN3C(=O)c3sccc3C)n2)c1. The van der Waals surface area contributed by atoms with Gasteiger partial charge in [-0.2, -0.15) is 0 Å². The van der Waals surface area contributed by atoms with Gasteiger partial charge in [-0.25, -0.2) is 0 Å². The molecule has 0 spiro atoms. The Morgan fingerprint density at radius 1 is 1.23 bits per heavy atom. The summed E-state index contributed by atoms with van der Waals surface area (Å²) < 4.78 is 0. The topological polar surface area (TPSA) is 63.9 Å². The Hall–Kier alpha value is -2.54. The molecule has 1 aliphatic rings. The molecule has 0 N–H and O–H groups in total. The summed E-state index contributed by atoms with van der Waals surface area (Å²) in [5, 5.41) is 15.0. The number of aryl methyl sites for hydroxylation is 2. The molecule has 6 nitrogen and oxygen atoms in total. The Morgan fingerprint density at radius 2 is 2.12 bits per heavy atom. The van der Waals surface area contributed by atoms with Crippen molar-refractivity contribution in [3.05, 3.63) is 57.5 Å². The van der Waals surface area contributed by atoms with Crippen LogP contribution in [-0.4, -0.2) is 37.6 Å². The van der Waals surface area contributed by atoms with E-state index in [4.69, 9.17) is 0 Å². The molecule has 7 heteroatoms. The standard InChI is InChI=1S/C19H21N5OS/c1-13-6-5-7-15(12-13)24-21-18(20-22-24)16-8-3-4-10-23(16)19(25)17-14(2)9-11-26-17/h5-7,9,11-12,16H,3-4,8,10H2,1-2H3. The zero-order chi connectivity index (χ0) is 18.1. The summed E-state index contributed by atoms with van der Waals surface area (Å²) in [6.07, 6.45) is 2.95. The van der Waals surface area contributed by atoms with Gasteiger partial charge >= 0.3 is 0 Å². The predicted molar refractivity (Wildman–Crippen MR) is 101 cm³/mol. The fraction of sp³-hybridized carbons (Fsp3) is 0.368. The minimum absolute atomic E-state index is 0.0779. The van der Waals surface area contributed by atoms with Crippen molar-refractivity contribution in [1.29, 1.82) is 0 Å². The lowest BCUT2D eigenvalue weighted by Gasteiger charge is -2.33. The van der Waals surface area contributed by atoms with Crippen molar-refractivity contribution in [3.8, 4) is 5.69 Å². The number of hydrogen-bond acceptors (Lipinski definition) is 5. The first kappa shape index (κ1) is 16.9. The molecule has 3 aromatic rings. The van der Waals surface area contributed by atoms with Crippen molar-refractivity contribution < 1.29 is 4.79 Å². The van der Waals surface area contributed by atoms with Gasteiger partial charge in [-0.05, 0) is 73.0 Å². The third kappa shape index (κ3) is 3.14. The highest BCUT2D eigenvalue weighted by molar-refractivity contribution is 7.12. The van der Waals surface area contributed by atoms with Crippen LogP contribution < -0.4 is 0 Å². The minimum Gasteiger partial charge on any atom is -0.328 e. The maximum Gasteiger partial charge on any atom is 0.264 e.